The number of rotatable bonds is 6. The first-order chi connectivity index (χ1) is 10.1. The van der Waals surface area contributed by atoms with Crippen LogP contribution in [0.25, 0.3) is 0 Å². The van der Waals surface area contributed by atoms with Gasteiger partial charge in [-0.3, -0.25) is 0 Å². The van der Waals surface area contributed by atoms with Crippen LogP contribution in [0.4, 0.5) is 8.78 Å². The average molecular weight is 354 g/mol. The maximum atomic E-state index is 13.8. The van der Waals surface area contributed by atoms with E-state index in [2.05, 4.69) is 27.3 Å². The van der Waals surface area contributed by atoms with Crippen molar-refractivity contribution in [2.75, 3.05) is 13.6 Å². The maximum absolute atomic E-state index is 13.8. The molecule has 0 heterocycles. The lowest BCUT2D eigenvalue weighted by molar-refractivity contribution is 0.476. The van der Waals surface area contributed by atoms with Gasteiger partial charge >= 0.3 is 0 Å². The molecule has 0 saturated heterocycles. The van der Waals surface area contributed by atoms with Gasteiger partial charge in [0.2, 0.25) is 0 Å². The van der Waals surface area contributed by atoms with Gasteiger partial charge in [-0.15, -0.1) is 0 Å². The molecule has 21 heavy (non-hydrogen) atoms. The first-order valence-corrected chi connectivity index (χ1v) is 7.71. The van der Waals surface area contributed by atoms with Gasteiger partial charge < -0.3 is 5.32 Å². The molecule has 0 aliphatic heterocycles. The standard InChI is InChI=1S/C17H18BrF2N/c1-21-11-12(8-13-4-2-3-5-16(13)18)9-14-10-15(19)6-7-17(14)20/h2-7,10,12,21H,8-9,11H2,1H3. The normalized spacial score (nSPS) is 12.4. The number of hydrogen-bond acceptors (Lipinski definition) is 1. The summed E-state index contributed by atoms with van der Waals surface area (Å²) in [5.74, 6) is -0.537. The SMILES string of the molecule is CNCC(Cc1cc(F)ccc1F)Cc1ccccc1Br. The molecule has 0 spiro atoms. The Labute approximate surface area is 132 Å². The fourth-order valence-corrected chi connectivity index (χ4v) is 2.94. The molecule has 0 amide bonds. The summed E-state index contributed by atoms with van der Waals surface area (Å²) in [6.45, 7) is 0.747. The Hall–Kier alpha value is -1.26. The zero-order valence-corrected chi connectivity index (χ0v) is 13.5. The van der Waals surface area contributed by atoms with Crippen LogP contribution in [0.5, 0.6) is 0 Å². The van der Waals surface area contributed by atoms with Gasteiger partial charge in [-0.05, 0) is 67.7 Å². The smallest absolute Gasteiger partial charge is 0.126 e. The van der Waals surface area contributed by atoms with Crippen molar-refractivity contribution < 1.29 is 8.78 Å². The summed E-state index contributed by atoms with van der Waals surface area (Å²) >= 11 is 3.53. The van der Waals surface area contributed by atoms with Crippen molar-refractivity contribution in [1.82, 2.24) is 5.32 Å². The van der Waals surface area contributed by atoms with Crippen LogP contribution in [-0.4, -0.2) is 13.6 Å². The monoisotopic (exact) mass is 353 g/mol. The molecule has 1 N–H and O–H groups in total. The minimum atomic E-state index is -0.393. The molecule has 0 bridgehead atoms. The van der Waals surface area contributed by atoms with Crippen LogP contribution in [0.3, 0.4) is 0 Å². The van der Waals surface area contributed by atoms with Crippen molar-refractivity contribution in [3.63, 3.8) is 0 Å². The second-order valence-corrected chi connectivity index (χ2v) is 6.01. The molecule has 1 unspecified atom stereocenters. The van der Waals surface area contributed by atoms with Gasteiger partial charge in [0.15, 0.2) is 0 Å². The molecule has 0 saturated carbocycles. The number of nitrogens with one attached hydrogen (secondary N) is 1. The lowest BCUT2D eigenvalue weighted by Crippen LogP contribution is -2.23. The summed E-state index contributed by atoms with van der Waals surface area (Å²) in [6.07, 6.45) is 1.31. The van der Waals surface area contributed by atoms with Gasteiger partial charge in [-0.25, -0.2) is 8.78 Å². The highest BCUT2D eigenvalue weighted by molar-refractivity contribution is 9.10. The van der Waals surface area contributed by atoms with Gasteiger partial charge in [-0.1, -0.05) is 34.1 Å². The zero-order chi connectivity index (χ0) is 15.2. The molecule has 0 aromatic heterocycles. The van der Waals surface area contributed by atoms with Crippen LogP contribution < -0.4 is 5.32 Å². The van der Waals surface area contributed by atoms with E-state index in [1.165, 1.54) is 17.7 Å². The Bertz CT molecular complexity index is 601. The molecule has 1 atom stereocenters. The molecular weight excluding hydrogens is 336 g/mol. The summed E-state index contributed by atoms with van der Waals surface area (Å²) in [7, 11) is 1.87. The predicted octanol–water partition coefficient (Wildman–Crippen LogP) is 4.35. The van der Waals surface area contributed by atoms with Crippen molar-refractivity contribution in [2.24, 2.45) is 5.92 Å². The summed E-state index contributed by atoms with van der Waals surface area (Å²) in [5, 5.41) is 3.13. The Morgan fingerprint density at radius 1 is 1.05 bits per heavy atom. The largest absolute Gasteiger partial charge is 0.319 e. The van der Waals surface area contributed by atoms with Crippen LogP contribution in [0, 0.1) is 17.6 Å². The molecule has 0 aliphatic rings. The molecule has 2 aromatic rings. The van der Waals surface area contributed by atoms with Gasteiger partial charge in [0, 0.05) is 4.47 Å². The number of halogens is 3. The quantitative estimate of drug-likeness (QED) is 0.813. The molecule has 2 aromatic carbocycles. The molecule has 1 nitrogen and oxygen atoms in total. The van der Waals surface area contributed by atoms with Crippen molar-refractivity contribution >= 4 is 15.9 Å². The van der Waals surface area contributed by atoms with Crippen molar-refractivity contribution in [2.45, 2.75) is 12.8 Å². The molecule has 112 valence electrons. The Balaban J connectivity index is 2.16. The van der Waals surface area contributed by atoms with E-state index in [0.717, 1.165) is 23.5 Å². The van der Waals surface area contributed by atoms with E-state index in [9.17, 15) is 8.78 Å². The van der Waals surface area contributed by atoms with E-state index in [1.807, 2.05) is 25.2 Å². The molecule has 2 rings (SSSR count). The minimum absolute atomic E-state index is 0.199. The fraction of sp³-hybridized carbons (Fsp3) is 0.294. The lowest BCUT2D eigenvalue weighted by atomic mass is 9.92. The number of benzene rings is 2. The van der Waals surface area contributed by atoms with Gasteiger partial charge in [0.25, 0.3) is 0 Å². The summed E-state index contributed by atoms with van der Waals surface area (Å²) in [5.41, 5.74) is 1.61. The molecule has 0 radical (unpaired) electrons. The second-order valence-electron chi connectivity index (χ2n) is 5.16. The van der Waals surface area contributed by atoms with E-state index in [4.69, 9.17) is 0 Å². The summed E-state index contributed by atoms with van der Waals surface area (Å²) in [4.78, 5) is 0. The molecule has 0 fully saturated rings. The first-order valence-electron chi connectivity index (χ1n) is 6.92. The van der Waals surface area contributed by atoms with Crippen molar-refractivity contribution in [1.29, 1.82) is 0 Å². The first kappa shape index (κ1) is 16.1. The van der Waals surface area contributed by atoms with Gasteiger partial charge in [0.05, 0.1) is 0 Å². The summed E-state index contributed by atoms with van der Waals surface area (Å²) in [6, 6.07) is 11.6. The van der Waals surface area contributed by atoms with E-state index < -0.39 is 5.82 Å². The Morgan fingerprint density at radius 2 is 1.76 bits per heavy atom. The maximum Gasteiger partial charge on any atom is 0.126 e. The molecular formula is C17H18BrF2N. The highest BCUT2D eigenvalue weighted by Gasteiger charge is 2.14. The van der Waals surface area contributed by atoms with Crippen LogP contribution in [0.15, 0.2) is 46.9 Å². The van der Waals surface area contributed by atoms with E-state index in [-0.39, 0.29) is 11.7 Å². The van der Waals surface area contributed by atoms with E-state index in [0.29, 0.717) is 12.0 Å². The van der Waals surface area contributed by atoms with Crippen LogP contribution in [0.1, 0.15) is 11.1 Å². The number of hydrogen-bond donors (Lipinski definition) is 1. The second kappa shape index (κ2) is 7.66. The molecule has 4 heteroatoms. The third kappa shape index (κ3) is 4.61. The van der Waals surface area contributed by atoms with Crippen molar-refractivity contribution in [3.05, 3.63) is 69.7 Å². The van der Waals surface area contributed by atoms with Crippen LogP contribution in [0.2, 0.25) is 0 Å². The Morgan fingerprint density at radius 3 is 2.48 bits per heavy atom. The highest BCUT2D eigenvalue weighted by atomic mass is 79.9. The van der Waals surface area contributed by atoms with E-state index >= 15 is 0 Å². The third-order valence-corrected chi connectivity index (χ3v) is 4.25. The molecule has 0 aliphatic carbocycles. The predicted molar refractivity (Wildman–Crippen MR) is 85.3 cm³/mol. The average Bonchev–Trinajstić information content (AvgIpc) is 2.45. The lowest BCUT2D eigenvalue weighted by Gasteiger charge is -2.18. The minimum Gasteiger partial charge on any atom is -0.319 e. The fourth-order valence-electron chi connectivity index (χ4n) is 2.49. The highest BCUT2D eigenvalue weighted by Crippen LogP contribution is 2.22. The Kier molecular flexibility index (Phi) is 5.88. The third-order valence-electron chi connectivity index (χ3n) is 3.48. The van der Waals surface area contributed by atoms with E-state index in [1.54, 1.807) is 0 Å². The van der Waals surface area contributed by atoms with Gasteiger partial charge in [0.1, 0.15) is 11.6 Å². The van der Waals surface area contributed by atoms with Crippen molar-refractivity contribution in [3.8, 4) is 0 Å². The topological polar surface area (TPSA) is 12.0 Å². The zero-order valence-electron chi connectivity index (χ0n) is 11.9. The van der Waals surface area contributed by atoms with Crippen LogP contribution in [-0.2, 0) is 12.8 Å². The van der Waals surface area contributed by atoms with Crippen LogP contribution >= 0.6 is 15.9 Å². The van der Waals surface area contributed by atoms with Gasteiger partial charge in [-0.2, -0.15) is 0 Å². The summed E-state index contributed by atoms with van der Waals surface area (Å²) < 4.78 is 28.1.